The minimum Gasteiger partial charge on any atom is -0.435 e. The molecule has 0 spiro atoms. The predicted octanol–water partition coefficient (Wildman–Crippen LogP) is 3.02. The molecule has 0 aliphatic carbocycles. The number of carbonyl (C=O) groups is 1. The molecule has 0 aliphatic rings. The van der Waals surface area contributed by atoms with E-state index in [4.69, 9.17) is 0 Å². The van der Waals surface area contributed by atoms with Gasteiger partial charge in [0.15, 0.2) is 0 Å². The maximum atomic E-state index is 12.0. The normalized spacial score (nSPS) is 10.4. The van der Waals surface area contributed by atoms with Gasteiger partial charge in [0.2, 0.25) is 0 Å². The van der Waals surface area contributed by atoms with E-state index in [1.165, 1.54) is 12.1 Å². The summed E-state index contributed by atoms with van der Waals surface area (Å²) in [7, 11) is 0. The molecule has 0 radical (unpaired) electrons. The van der Waals surface area contributed by atoms with Crippen LogP contribution in [0.1, 0.15) is 12.0 Å². The first-order valence-corrected chi connectivity index (χ1v) is 5.37. The molecule has 0 unspecified atom stereocenters. The Hall–Kier alpha value is -0.720. The van der Waals surface area contributed by atoms with Crippen molar-refractivity contribution < 1.29 is 18.3 Å². The molecule has 1 aromatic carbocycles. The quantitative estimate of drug-likeness (QED) is 0.614. The topological polar surface area (TPSA) is 26.3 Å². The molecule has 0 amide bonds. The lowest BCUT2D eigenvalue weighted by Gasteiger charge is -2.07. The summed E-state index contributed by atoms with van der Waals surface area (Å²) >= 11 is 2.02. The van der Waals surface area contributed by atoms with Gasteiger partial charge in [-0.1, -0.05) is 0 Å². The zero-order chi connectivity index (χ0) is 11.3. The van der Waals surface area contributed by atoms with Crippen molar-refractivity contribution in [3.05, 3.63) is 27.3 Å². The molecule has 0 bridgehead atoms. The first kappa shape index (κ1) is 12.4. The molecule has 0 saturated heterocycles. The summed E-state index contributed by atoms with van der Waals surface area (Å²) in [4.78, 5) is 10.2. The van der Waals surface area contributed by atoms with Crippen molar-refractivity contribution >= 4 is 28.9 Å². The molecule has 0 N–H and O–H groups in total. The van der Waals surface area contributed by atoms with E-state index in [9.17, 15) is 13.6 Å². The number of hydrogen-bond donors (Lipinski definition) is 0. The van der Waals surface area contributed by atoms with Crippen LogP contribution in [0.2, 0.25) is 0 Å². The highest BCUT2D eigenvalue weighted by Gasteiger charge is 2.06. The van der Waals surface area contributed by atoms with Crippen molar-refractivity contribution in [2.45, 2.75) is 19.5 Å². The van der Waals surface area contributed by atoms with Crippen molar-refractivity contribution in [2.24, 2.45) is 0 Å². The lowest BCUT2D eigenvalue weighted by Crippen LogP contribution is -2.02. The van der Waals surface area contributed by atoms with Crippen LogP contribution in [0.3, 0.4) is 0 Å². The van der Waals surface area contributed by atoms with Crippen molar-refractivity contribution in [3.8, 4) is 5.75 Å². The minimum atomic E-state index is -2.82. The molecule has 0 atom stereocenters. The molecule has 0 heterocycles. The van der Waals surface area contributed by atoms with E-state index in [0.717, 1.165) is 15.4 Å². The van der Waals surface area contributed by atoms with Crippen LogP contribution >= 0.6 is 22.6 Å². The van der Waals surface area contributed by atoms with Gasteiger partial charge in [0, 0.05) is 9.99 Å². The highest BCUT2D eigenvalue weighted by atomic mass is 127. The molecule has 1 aromatic rings. The van der Waals surface area contributed by atoms with E-state index in [2.05, 4.69) is 4.74 Å². The van der Waals surface area contributed by atoms with Crippen LogP contribution in [0.4, 0.5) is 8.78 Å². The van der Waals surface area contributed by atoms with Gasteiger partial charge < -0.3 is 9.53 Å². The number of ether oxygens (including phenoxy) is 1. The SMILES string of the molecule is O=CCCc1cc(I)cc(OC(F)F)c1. The Labute approximate surface area is 99.8 Å². The molecule has 5 heteroatoms. The first-order chi connectivity index (χ1) is 7.11. The Bertz CT molecular complexity index is 342. The fourth-order valence-electron chi connectivity index (χ4n) is 1.16. The van der Waals surface area contributed by atoms with E-state index in [-0.39, 0.29) is 5.75 Å². The number of halogens is 3. The number of rotatable bonds is 5. The van der Waals surface area contributed by atoms with Crippen LogP contribution in [0, 0.1) is 3.57 Å². The molecule has 15 heavy (non-hydrogen) atoms. The molecular weight excluding hydrogens is 317 g/mol. The second-order valence-electron chi connectivity index (χ2n) is 2.88. The molecular formula is C10H9F2IO2. The Balaban J connectivity index is 2.79. The van der Waals surface area contributed by atoms with E-state index in [1.54, 1.807) is 0 Å². The van der Waals surface area contributed by atoms with Gasteiger partial charge in [-0.25, -0.2) is 0 Å². The average molecular weight is 326 g/mol. The van der Waals surface area contributed by atoms with Gasteiger partial charge in [-0.05, 0) is 52.8 Å². The summed E-state index contributed by atoms with van der Waals surface area (Å²) in [5, 5.41) is 0. The summed E-state index contributed by atoms with van der Waals surface area (Å²) in [6, 6.07) is 4.89. The van der Waals surface area contributed by atoms with Crippen LogP contribution in [0.5, 0.6) is 5.75 Å². The zero-order valence-corrected chi connectivity index (χ0v) is 9.91. The summed E-state index contributed by atoms with van der Waals surface area (Å²) in [5.74, 6) is 0.137. The summed E-state index contributed by atoms with van der Waals surface area (Å²) in [5.41, 5.74) is 0.824. The van der Waals surface area contributed by atoms with Crippen molar-refractivity contribution in [3.63, 3.8) is 0 Å². The van der Waals surface area contributed by atoms with Gasteiger partial charge in [0.1, 0.15) is 12.0 Å². The number of benzene rings is 1. The average Bonchev–Trinajstić information content (AvgIpc) is 2.12. The van der Waals surface area contributed by atoms with Crippen molar-refractivity contribution in [1.82, 2.24) is 0 Å². The largest absolute Gasteiger partial charge is 0.435 e. The molecule has 0 aliphatic heterocycles. The van der Waals surface area contributed by atoms with Crippen molar-refractivity contribution in [2.75, 3.05) is 0 Å². The Kier molecular flexibility index (Phi) is 4.93. The number of carbonyl (C=O) groups excluding carboxylic acids is 1. The molecule has 0 fully saturated rings. The second kappa shape index (κ2) is 5.99. The standard InChI is InChI=1S/C10H9F2IO2/c11-10(12)15-9-5-7(2-1-3-14)4-8(13)6-9/h3-6,10H,1-2H2. The van der Waals surface area contributed by atoms with Crippen LogP contribution in [-0.2, 0) is 11.2 Å². The third kappa shape index (κ3) is 4.55. The Morgan fingerprint density at radius 3 is 2.73 bits per heavy atom. The summed E-state index contributed by atoms with van der Waals surface area (Å²) in [6.45, 7) is -2.82. The second-order valence-corrected chi connectivity index (χ2v) is 4.12. The highest BCUT2D eigenvalue weighted by Crippen LogP contribution is 2.21. The van der Waals surface area contributed by atoms with Crippen LogP contribution in [0.15, 0.2) is 18.2 Å². The Morgan fingerprint density at radius 2 is 2.13 bits per heavy atom. The van der Waals surface area contributed by atoms with Crippen LogP contribution in [-0.4, -0.2) is 12.9 Å². The third-order valence-electron chi connectivity index (χ3n) is 1.71. The van der Waals surface area contributed by atoms with Crippen LogP contribution < -0.4 is 4.74 Å². The minimum absolute atomic E-state index is 0.137. The van der Waals surface area contributed by atoms with Gasteiger partial charge in [-0.2, -0.15) is 8.78 Å². The Morgan fingerprint density at radius 1 is 1.40 bits per heavy atom. The van der Waals surface area contributed by atoms with E-state index >= 15 is 0 Å². The van der Waals surface area contributed by atoms with Crippen LogP contribution in [0.25, 0.3) is 0 Å². The monoisotopic (exact) mass is 326 g/mol. The maximum Gasteiger partial charge on any atom is 0.387 e. The molecule has 1 rings (SSSR count). The van der Waals surface area contributed by atoms with E-state index in [0.29, 0.717) is 12.8 Å². The smallest absolute Gasteiger partial charge is 0.387 e. The molecule has 82 valence electrons. The van der Waals surface area contributed by atoms with E-state index < -0.39 is 6.61 Å². The van der Waals surface area contributed by atoms with Crippen molar-refractivity contribution in [1.29, 1.82) is 0 Å². The number of aryl methyl sites for hydroxylation is 1. The van der Waals surface area contributed by atoms with E-state index in [1.807, 2.05) is 28.7 Å². The number of hydrogen-bond acceptors (Lipinski definition) is 2. The van der Waals surface area contributed by atoms with Gasteiger partial charge in [0.25, 0.3) is 0 Å². The maximum absolute atomic E-state index is 12.0. The first-order valence-electron chi connectivity index (χ1n) is 4.29. The van der Waals surface area contributed by atoms with Gasteiger partial charge in [0.05, 0.1) is 0 Å². The fourth-order valence-corrected chi connectivity index (χ4v) is 1.87. The third-order valence-corrected chi connectivity index (χ3v) is 2.33. The predicted molar refractivity (Wildman–Crippen MR) is 60.2 cm³/mol. The molecule has 2 nitrogen and oxygen atoms in total. The fraction of sp³-hybridized carbons (Fsp3) is 0.300. The van der Waals surface area contributed by atoms with Gasteiger partial charge in [-0.3, -0.25) is 0 Å². The van der Waals surface area contributed by atoms with Gasteiger partial charge >= 0.3 is 6.61 Å². The number of alkyl halides is 2. The summed E-state index contributed by atoms with van der Waals surface area (Å²) in [6.07, 6.45) is 1.72. The zero-order valence-electron chi connectivity index (χ0n) is 7.75. The lowest BCUT2D eigenvalue weighted by atomic mass is 10.1. The van der Waals surface area contributed by atoms with Gasteiger partial charge in [-0.15, -0.1) is 0 Å². The lowest BCUT2D eigenvalue weighted by molar-refractivity contribution is -0.107. The molecule has 0 aromatic heterocycles. The number of aldehydes is 1. The summed E-state index contributed by atoms with van der Waals surface area (Å²) < 4.78 is 29.0. The highest BCUT2D eigenvalue weighted by molar-refractivity contribution is 14.1. The molecule has 0 saturated carbocycles.